The summed E-state index contributed by atoms with van der Waals surface area (Å²) in [6.07, 6.45) is 0. The van der Waals surface area contributed by atoms with Crippen molar-refractivity contribution < 1.29 is 19.4 Å². The molecule has 0 saturated carbocycles. The summed E-state index contributed by atoms with van der Waals surface area (Å²) in [5.41, 5.74) is 1.04. The Kier molecular flexibility index (Phi) is 4.51. The molecule has 5 heteroatoms. The fourth-order valence-electron chi connectivity index (χ4n) is 1.28. The number of carbonyl (C=O) groups excluding carboxylic acids is 1. The number of hydrogen-bond acceptors (Lipinski definition) is 3. The summed E-state index contributed by atoms with van der Waals surface area (Å²) < 4.78 is 5.40. The van der Waals surface area contributed by atoms with Gasteiger partial charge in [-0.05, 0) is 24.6 Å². The van der Waals surface area contributed by atoms with E-state index in [0.29, 0.717) is 18.9 Å². The van der Waals surface area contributed by atoms with Gasteiger partial charge in [0.1, 0.15) is 12.4 Å². The van der Waals surface area contributed by atoms with Crippen LogP contribution in [0, 0.1) is 6.92 Å². The lowest BCUT2D eigenvalue weighted by Gasteiger charge is -2.10. The quantitative estimate of drug-likeness (QED) is 0.755. The summed E-state index contributed by atoms with van der Waals surface area (Å²) in [7, 11) is 0. The number of nitrogens with one attached hydrogen (secondary N) is 1. The molecule has 0 aromatic heterocycles. The second kappa shape index (κ2) is 5.89. The van der Waals surface area contributed by atoms with Crippen molar-refractivity contribution >= 4 is 11.9 Å². The zero-order chi connectivity index (χ0) is 12.8. The highest BCUT2D eigenvalue weighted by atomic mass is 16.5. The number of aromatic carboxylic acids is 1. The van der Waals surface area contributed by atoms with Gasteiger partial charge in [-0.3, -0.25) is 4.79 Å². The molecule has 0 saturated heterocycles. The molecule has 0 spiro atoms. The molecule has 0 fully saturated rings. The van der Waals surface area contributed by atoms with Crippen molar-refractivity contribution in [3.8, 4) is 5.75 Å². The van der Waals surface area contributed by atoms with Crippen LogP contribution in [-0.4, -0.2) is 30.1 Å². The van der Waals surface area contributed by atoms with Crippen molar-refractivity contribution in [1.82, 2.24) is 5.32 Å². The third-order valence-electron chi connectivity index (χ3n) is 2.17. The number of carboxylic acid groups (broad SMARTS) is 1. The lowest BCUT2D eigenvalue weighted by atomic mass is 10.1. The topological polar surface area (TPSA) is 75.6 Å². The number of carboxylic acids is 1. The van der Waals surface area contributed by atoms with Crippen molar-refractivity contribution in [3.05, 3.63) is 29.3 Å². The van der Waals surface area contributed by atoms with Gasteiger partial charge in [-0.1, -0.05) is 6.07 Å². The summed E-state index contributed by atoms with van der Waals surface area (Å²) in [5, 5.41) is 11.4. The zero-order valence-electron chi connectivity index (χ0n) is 9.82. The lowest BCUT2D eigenvalue weighted by Crippen LogP contribution is -2.25. The number of aryl methyl sites for hydroxylation is 1. The Balaban J connectivity index is 2.60. The standard InChI is InChI=1S/C12H15NO4/c1-8-3-4-10(12(15)16)7-11(8)17-6-5-13-9(2)14/h3-4,7H,5-6H2,1-2H3,(H,13,14)(H,15,16). The van der Waals surface area contributed by atoms with Crippen molar-refractivity contribution in [3.63, 3.8) is 0 Å². The monoisotopic (exact) mass is 237 g/mol. The third-order valence-corrected chi connectivity index (χ3v) is 2.17. The molecule has 5 nitrogen and oxygen atoms in total. The van der Waals surface area contributed by atoms with Gasteiger partial charge >= 0.3 is 5.97 Å². The van der Waals surface area contributed by atoms with Crippen molar-refractivity contribution in [2.45, 2.75) is 13.8 Å². The Hall–Kier alpha value is -2.04. The zero-order valence-corrected chi connectivity index (χ0v) is 9.82. The van der Waals surface area contributed by atoms with E-state index in [-0.39, 0.29) is 11.5 Å². The van der Waals surface area contributed by atoms with Crippen molar-refractivity contribution in [2.75, 3.05) is 13.2 Å². The molecule has 1 aromatic rings. The van der Waals surface area contributed by atoms with Crippen LogP contribution in [0.1, 0.15) is 22.8 Å². The predicted molar refractivity (Wildman–Crippen MR) is 62.3 cm³/mol. The first-order valence-corrected chi connectivity index (χ1v) is 5.22. The van der Waals surface area contributed by atoms with Crippen molar-refractivity contribution in [1.29, 1.82) is 0 Å². The molecule has 0 aliphatic heterocycles. The second-order valence-electron chi connectivity index (χ2n) is 3.62. The molecule has 92 valence electrons. The van der Waals surface area contributed by atoms with Gasteiger partial charge in [0.25, 0.3) is 0 Å². The first kappa shape index (κ1) is 13.0. The van der Waals surface area contributed by atoms with Gasteiger partial charge in [-0.25, -0.2) is 4.79 Å². The van der Waals surface area contributed by atoms with Crippen LogP contribution >= 0.6 is 0 Å². The number of amides is 1. The summed E-state index contributed by atoms with van der Waals surface area (Å²) in [6.45, 7) is 3.96. The maximum absolute atomic E-state index is 10.8. The lowest BCUT2D eigenvalue weighted by molar-refractivity contribution is -0.119. The van der Waals surface area contributed by atoms with E-state index in [0.717, 1.165) is 5.56 Å². The molecule has 0 aliphatic carbocycles. The third kappa shape index (κ3) is 4.14. The SMILES string of the molecule is CC(=O)NCCOc1cc(C(=O)O)ccc1C. The molecule has 0 aliphatic rings. The van der Waals surface area contributed by atoms with Crippen LogP contribution in [-0.2, 0) is 4.79 Å². The fraction of sp³-hybridized carbons (Fsp3) is 0.333. The molecule has 1 amide bonds. The van der Waals surface area contributed by atoms with Crippen LogP contribution < -0.4 is 10.1 Å². The highest BCUT2D eigenvalue weighted by Crippen LogP contribution is 2.19. The second-order valence-corrected chi connectivity index (χ2v) is 3.62. The Morgan fingerprint density at radius 1 is 1.41 bits per heavy atom. The summed E-state index contributed by atoms with van der Waals surface area (Å²) in [6, 6.07) is 4.70. The van der Waals surface area contributed by atoms with Crippen LogP contribution in [0.3, 0.4) is 0 Å². The molecule has 0 atom stereocenters. The number of carbonyl (C=O) groups is 2. The van der Waals surface area contributed by atoms with E-state index in [9.17, 15) is 9.59 Å². The minimum absolute atomic E-state index is 0.121. The van der Waals surface area contributed by atoms with E-state index in [1.807, 2.05) is 6.92 Å². The van der Waals surface area contributed by atoms with E-state index < -0.39 is 5.97 Å². The maximum Gasteiger partial charge on any atom is 0.335 e. The molecule has 1 rings (SSSR count). The smallest absolute Gasteiger partial charge is 0.335 e. The average molecular weight is 237 g/mol. The molecule has 0 unspecified atom stereocenters. The molecule has 0 bridgehead atoms. The minimum atomic E-state index is -0.989. The predicted octanol–water partition coefficient (Wildman–Crippen LogP) is 1.21. The van der Waals surface area contributed by atoms with Crippen LogP contribution in [0.2, 0.25) is 0 Å². The van der Waals surface area contributed by atoms with E-state index in [1.54, 1.807) is 6.07 Å². The summed E-state index contributed by atoms with van der Waals surface area (Å²) in [4.78, 5) is 21.4. The van der Waals surface area contributed by atoms with Crippen LogP contribution in [0.15, 0.2) is 18.2 Å². The Morgan fingerprint density at radius 2 is 2.12 bits per heavy atom. The first-order chi connectivity index (χ1) is 8.00. The van der Waals surface area contributed by atoms with E-state index in [2.05, 4.69) is 5.32 Å². The van der Waals surface area contributed by atoms with E-state index in [1.165, 1.54) is 19.1 Å². The average Bonchev–Trinajstić information content (AvgIpc) is 2.25. The Bertz CT molecular complexity index is 429. The number of benzene rings is 1. The molecular formula is C12H15NO4. The molecular weight excluding hydrogens is 222 g/mol. The van der Waals surface area contributed by atoms with Gasteiger partial charge in [-0.2, -0.15) is 0 Å². The number of rotatable bonds is 5. The van der Waals surface area contributed by atoms with Crippen LogP contribution in [0.25, 0.3) is 0 Å². The molecule has 1 aromatic carbocycles. The maximum atomic E-state index is 10.8. The highest BCUT2D eigenvalue weighted by molar-refractivity contribution is 5.88. The molecule has 17 heavy (non-hydrogen) atoms. The number of ether oxygens (including phenoxy) is 1. The molecule has 2 N–H and O–H groups in total. The fourth-order valence-corrected chi connectivity index (χ4v) is 1.28. The Morgan fingerprint density at radius 3 is 2.71 bits per heavy atom. The minimum Gasteiger partial charge on any atom is -0.491 e. The van der Waals surface area contributed by atoms with E-state index in [4.69, 9.17) is 9.84 Å². The van der Waals surface area contributed by atoms with Crippen LogP contribution in [0.5, 0.6) is 5.75 Å². The van der Waals surface area contributed by atoms with Gasteiger partial charge in [-0.15, -0.1) is 0 Å². The van der Waals surface area contributed by atoms with Crippen molar-refractivity contribution in [2.24, 2.45) is 0 Å². The normalized spacial score (nSPS) is 9.76. The van der Waals surface area contributed by atoms with Gasteiger partial charge in [0.05, 0.1) is 12.1 Å². The van der Waals surface area contributed by atoms with Gasteiger partial charge < -0.3 is 15.2 Å². The summed E-state index contributed by atoms with van der Waals surface area (Å²) in [5.74, 6) is -0.587. The van der Waals surface area contributed by atoms with Crippen LogP contribution in [0.4, 0.5) is 0 Å². The molecule has 0 heterocycles. The molecule has 0 radical (unpaired) electrons. The highest BCUT2D eigenvalue weighted by Gasteiger charge is 2.06. The van der Waals surface area contributed by atoms with Gasteiger partial charge in [0, 0.05) is 6.92 Å². The van der Waals surface area contributed by atoms with E-state index >= 15 is 0 Å². The largest absolute Gasteiger partial charge is 0.491 e. The number of hydrogen-bond donors (Lipinski definition) is 2. The van der Waals surface area contributed by atoms with Gasteiger partial charge in [0.2, 0.25) is 5.91 Å². The first-order valence-electron chi connectivity index (χ1n) is 5.22. The Labute approximate surface area is 99.4 Å². The van der Waals surface area contributed by atoms with Gasteiger partial charge in [0.15, 0.2) is 0 Å². The summed E-state index contributed by atoms with van der Waals surface area (Å²) >= 11 is 0.